The van der Waals surface area contributed by atoms with Crippen molar-refractivity contribution in [3.63, 3.8) is 0 Å². The number of aromatic nitrogens is 2. The number of sulfonamides is 1. The van der Waals surface area contributed by atoms with Crippen molar-refractivity contribution in [1.29, 1.82) is 0 Å². The zero-order valence-corrected chi connectivity index (χ0v) is 15.2. The molecule has 3 rings (SSSR count). The topological polar surface area (TPSA) is 92.3 Å². The summed E-state index contributed by atoms with van der Waals surface area (Å²) in [4.78, 5) is 20.5. The minimum Gasteiger partial charge on any atom is -0.323 e. The number of likely N-dealkylation sites (N-methyl/N-ethyl adjacent to an activating group) is 1. The number of aryl methyl sites for hydroxylation is 1. The fourth-order valence-electron chi connectivity index (χ4n) is 2.52. The molecule has 3 aromatic rings. The van der Waals surface area contributed by atoms with E-state index in [-0.39, 0.29) is 11.4 Å². The summed E-state index contributed by atoms with van der Waals surface area (Å²) >= 11 is 0. The normalized spacial score (nSPS) is 11.7. The molecule has 0 radical (unpaired) electrons. The first-order chi connectivity index (χ1) is 12.4. The largest absolute Gasteiger partial charge is 0.323 e. The Balaban J connectivity index is 1.83. The van der Waals surface area contributed by atoms with Crippen LogP contribution in [-0.2, 0) is 14.8 Å². The number of carbonyl (C=O) groups excluding carboxylic acids is 1. The highest BCUT2D eigenvalue weighted by Crippen LogP contribution is 2.23. The van der Waals surface area contributed by atoms with Crippen LogP contribution >= 0.6 is 0 Å². The number of carbonyl (C=O) groups is 1. The van der Waals surface area contributed by atoms with Crippen LogP contribution in [0.5, 0.6) is 0 Å². The van der Waals surface area contributed by atoms with Gasteiger partial charge in [0.05, 0.1) is 23.9 Å². The monoisotopic (exact) mass is 370 g/mol. The molecule has 7 nitrogen and oxygen atoms in total. The minimum atomic E-state index is -3.87. The lowest BCUT2D eigenvalue weighted by Gasteiger charge is -2.18. The Hall–Kier alpha value is -2.84. The zero-order chi connectivity index (χ0) is 18.7. The van der Waals surface area contributed by atoms with Gasteiger partial charge >= 0.3 is 0 Å². The van der Waals surface area contributed by atoms with Crippen LogP contribution < -0.4 is 5.32 Å². The lowest BCUT2D eigenvalue weighted by atomic mass is 10.2. The smallest absolute Gasteiger partial charge is 0.245 e. The van der Waals surface area contributed by atoms with Crippen molar-refractivity contribution in [2.75, 3.05) is 18.9 Å². The molecule has 0 spiro atoms. The van der Waals surface area contributed by atoms with E-state index in [2.05, 4.69) is 15.3 Å². The standard InChI is InChI=1S/C18H18N4O3S/c1-13-8-10-19-11-15(13)21-17(23)12-22(2)26(24,25)16-7-3-5-14-6-4-9-20-18(14)16/h3-11H,12H2,1-2H3,(H,21,23). The molecule has 2 aromatic heterocycles. The number of nitrogens with zero attached hydrogens (tertiary/aromatic N) is 3. The van der Waals surface area contributed by atoms with E-state index in [9.17, 15) is 13.2 Å². The van der Waals surface area contributed by atoms with E-state index < -0.39 is 15.9 Å². The summed E-state index contributed by atoms with van der Waals surface area (Å²) < 4.78 is 26.8. The van der Waals surface area contributed by atoms with Crippen molar-refractivity contribution in [1.82, 2.24) is 14.3 Å². The van der Waals surface area contributed by atoms with E-state index in [1.165, 1.54) is 19.3 Å². The summed E-state index contributed by atoms with van der Waals surface area (Å²) in [6.07, 6.45) is 4.69. The van der Waals surface area contributed by atoms with E-state index in [0.29, 0.717) is 11.2 Å². The quantitative estimate of drug-likeness (QED) is 0.743. The Morgan fingerprint density at radius 3 is 2.69 bits per heavy atom. The average Bonchev–Trinajstić information content (AvgIpc) is 2.63. The molecular formula is C18H18N4O3S. The van der Waals surface area contributed by atoms with Crippen LogP contribution in [0, 0.1) is 6.92 Å². The van der Waals surface area contributed by atoms with Gasteiger partial charge in [0.25, 0.3) is 0 Å². The zero-order valence-electron chi connectivity index (χ0n) is 14.4. The molecule has 0 saturated heterocycles. The van der Waals surface area contributed by atoms with Gasteiger partial charge in [-0.05, 0) is 30.7 Å². The van der Waals surface area contributed by atoms with Gasteiger partial charge in [0, 0.05) is 24.8 Å². The fraction of sp³-hybridized carbons (Fsp3) is 0.167. The minimum absolute atomic E-state index is 0.0726. The first kappa shape index (κ1) is 18.0. The van der Waals surface area contributed by atoms with Crippen LogP contribution in [0.3, 0.4) is 0 Å². The van der Waals surface area contributed by atoms with Gasteiger partial charge in [-0.3, -0.25) is 14.8 Å². The molecule has 1 amide bonds. The first-order valence-corrected chi connectivity index (χ1v) is 9.34. The number of hydrogen-bond acceptors (Lipinski definition) is 5. The predicted octanol–water partition coefficient (Wildman–Crippen LogP) is 2.20. The first-order valence-electron chi connectivity index (χ1n) is 7.90. The molecule has 0 fully saturated rings. The summed E-state index contributed by atoms with van der Waals surface area (Å²) in [5.41, 5.74) is 1.78. The molecule has 26 heavy (non-hydrogen) atoms. The Bertz CT molecular complexity index is 1060. The molecule has 0 aliphatic rings. The second-order valence-corrected chi connectivity index (χ2v) is 7.84. The third-order valence-electron chi connectivity index (χ3n) is 3.96. The van der Waals surface area contributed by atoms with Crippen molar-refractivity contribution in [2.24, 2.45) is 0 Å². The number of anilines is 1. The van der Waals surface area contributed by atoms with Crippen molar-refractivity contribution in [3.8, 4) is 0 Å². The van der Waals surface area contributed by atoms with Crippen LogP contribution in [0.2, 0.25) is 0 Å². The van der Waals surface area contributed by atoms with Gasteiger partial charge in [0.2, 0.25) is 15.9 Å². The van der Waals surface area contributed by atoms with E-state index >= 15 is 0 Å². The Kier molecular flexibility index (Phi) is 4.97. The summed E-state index contributed by atoms with van der Waals surface area (Å²) in [6, 6.07) is 10.2. The number of nitrogens with one attached hydrogen (secondary N) is 1. The van der Waals surface area contributed by atoms with Gasteiger partial charge in [0.1, 0.15) is 4.90 Å². The number of hydrogen-bond donors (Lipinski definition) is 1. The lowest BCUT2D eigenvalue weighted by molar-refractivity contribution is -0.116. The fourth-order valence-corrected chi connectivity index (χ4v) is 3.81. The molecule has 0 saturated carbocycles. The molecule has 0 aliphatic carbocycles. The van der Waals surface area contributed by atoms with Crippen LogP contribution in [-0.4, -0.2) is 42.2 Å². The summed E-state index contributed by atoms with van der Waals surface area (Å²) in [7, 11) is -2.50. The second kappa shape index (κ2) is 7.19. The third kappa shape index (κ3) is 3.56. The SMILES string of the molecule is Cc1ccncc1NC(=O)CN(C)S(=O)(=O)c1cccc2cccnc12. The van der Waals surface area contributed by atoms with E-state index in [0.717, 1.165) is 15.3 Å². The summed E-state index contributed by atoms with van der Waals surface area (Å²) in [5, 5.41) is 3.40. The highest BCUT2D eigenvalue weighted by atomic mass is 32.2. The summed E-state index contributed by atoms with van der Waals surface area (Å²) in [5.74, 6) is -0.444. The van der Waals surface area contributed by atoms with Gasteiger partial charge in [-0.15, -0.1) is 0 Å². The van der Waals surface area contributed by atoms with Gasteiger partial charge in [-0.2, -0.15) is 4.31 Å². The predicted molar refractivity (Wildman–Crippen MR) is 99.2 cm³/mol. The molecule has 1 N–H and O–H groups in total. The van der Waals surface area contributed by atoms with E-state index in [1.54, 1.807) is 42.7 Å². The molecule has 0 aliphatic heterocycles. The average molecular weight is 370 g/mol. The van der Waals surface area contributed by atoms with Gasteiger partial charge in [-0.1, -0.05) is 18.2 Å². The van der Waals surface area contributed by atoms with Crippen LogP contribution in [0.25, 0.3) is 10.9 Å². The van der Waals surface area contributed by atoms with Gasteiger partial charge in [0.15, 0.2) is 0 Å². The molecule has 0 bridgehead atoms. The van der Waals surface area contributed by atoms with Crippen molar-refractivity contribution in [2.45, 2.75) is 11.8 Å². The highest BCUT2D eigenvalue weighted by molar-refractivity contribution is 7.89. The van der Waals surface area contributed by atoms with Crippen molar-refractivity contribution in [3.05, 3.63) is 60.6 Å². The van der Waals surface area contributed by atoms with Gasteiger partial charge < -0.3 is 5.32 Å². The van der Waals surface area contributed by atoms with Crippen molar-refractivity contribution < 1.29 is 13.2 Å². The Morgan fingerprint density at radius 2 is 1.92 bits per heavy atom. The van der Waals surface area contributed by atoms with Crippen LogP contribution in [0.4, 0.5) is 5.69 Å². The van der Waals surface area contributed by atoms with E-state index in [4.69, 9.17) is 0 Å². The molecule has 2 heterocycles. The third-order valence-corrected chi connectivity index (χ3v) is 5.80. The number of fused-ring (bicyclic) bond motifs is 1. The van der Waals surface area contributed by atoms with E-state index in [1.807, 2.05) is 6.92 Å². The number of pyridine rings is 2. The maximum absolute atomic E-state index is 12.9. The molecule has 8 heteroatoms. The Morgan fingerprint density at radius 1 is 1.15 bits per heavy atom. The molecule has 0 atom stereocenters. The highest BCUT2D eigenvalue weighted by Gasteiger charge is 2.25. The van der Waals surface area contributed by atoms with Crippen molar-refractivity contribution >= 4 is 32.5 Å². The summed E-state index contributed by atoms with van der Waals surface area (Å²) in [6.45, 7) is 1.51. The molecule has 1 aromatic carbocycles. The molecule has 134 valence electrons. The van der Waals surface area contributed by atoms with Crippen LogP contribution in [0.15, 0.2) is 59.9 Å². The second-order valence-electron chi connectivity index (χ2n) is 5.83. The maximum atomic E-state index is 12.9. The Labute approximate surface area is 151 Å². The number of para-hydroxylation sites is 1. The maximum Gasteiger partial charge on any atom is 0.245 e. The number of rotatable bonds is 5. The van der Waals surface area contributed by atoms with Crippen LogP contribution in [0.1, 0.15) is 5.56 Å². The lowest BCUT2D eigenvalue weighted by Crippen LogP contribution is -2.35. The molecule has 0 unspecified atom stereocenters. The van der Waals surface area contributed by atoms with Gasteiger partial charge in [-0.25, -0.2) is 8.42 Å². The number of amides is 1. The molecular weight excluding hydrogens is 352 g/mol. The number of benzene rings is 1.